The molecule has 0 unspecified atom stereocenters. The van der Waals surface area contributed by atoms with Crippen LogP contribution in [0, 0.1) is 0 Å². The Hall–Kier alpha value is -2.34. The molecule has 0 aliphatic heterocycles. The first kappa shape index (κ1) is 19.0. The van der Waals surface area contributed by atoms with Crippen molar-refractivity contribution in [3.05, 3.63) is 41.0 Å². The fourth-order valence-corrected chi connectivity index (χ4v) is 2.50. The minimum atomic E-state index is -0.508. The maximum absolute atomic E-state index is 11.8. The van der Waals surface area contributed by atoms with E-state index in [2.05, 4.69) is 15.3 Å². The van der Waals surface area contributed by atoms with E-state index in [1.807, 2.05) is 52.0 Å². The molecule has 0 saturated heterocycles. The molecule has 1 heterocycles. The van der Waals surface area contributed by atoms with Gasteiger partial charge in [-0.15, -0.1) is 0 Å². The number of halogens is 1. The topological polar surface area (TPSA) is 90.1 Å². The van der Waals surface area contributed by atoms with Crippen LogP contribution in [0.2, 0.25) is 5.15 Å². The number of nitrogens with two attached hydrogens (primary N) is 1. The number of ether oxygens (including phenoxy) is 1. The van der Waals surface area contributed by atoms with Gasteiger partial charge in [-0.25, -0.2) is 14.8 Å². The molecule has 0 spiro atoms. The Bertz CT molecular complexity index is 721. The van der Waals surface area contributed by atoms with Gasteiger partial charge in [0.15, 0.2) is 0 Å². The molecule has 2 rings (SSSR count). The number of alkyl carbamates (subject to hydrolysis) is 1. The molecule has 25 heavy (non-hydrogen) atoms. The van der Waals surface area contributed by atoms with Gasteiger partial charge in [-0.05, 0) is 39.7 Å². The van der Waals surface area contributed by atoms with E-state index in [1.165, 1.54) is 0 Å². The Labute approximate surface area is 152 Å². The van der Waals surface area contributed by atoms with Gasteiger partial charge in [0.1, 0.15) is 10.8 Å². The molecule has 1 amide bonds. The molecule has 0 aliphatic carbocycles. The summed E-state index contributed by atoms with van der Waals surface area (Å²) >= 11 is 5.91. The molecule has 3 N–H and O–H groups in total. The summed E-state index contributed by atoms with van der Waals surface area (Å²) in [5.74, 6) is 0.141. The number of carbonyl (C=O) groups is 1. The molecule has 7 heteroatoms. The van der Waals surface area contributed by atoms with Crippen LogP contribution in [0.4, 0.5) is 10.7 Å². The van der Waals surface area contributed by atoms with Gasteiger partial charge in [0.2, 0.25) is 5.95 Å². The molecule has 1 atom stereocenters. The third kappa shape index (κ3) is 6.23. The van der Waals surface area contributed by atoms with Crippen LogP contribution in [0.25, 0.3) is 11.3 Å². The van der Waals surface area contributed by atoms with Crippen molar-refractivity contribution < 1.29 is 9.53 Å². The largest absolute Gasteiger partial charge is 0.444 e. The molecule has 0 fully saturated rings. The van der Waals surface area contributed by atoms with Crippen molar-refractivity contribution in [1.29, 1.82) is 0 Å². The van der Waals surface area contributed by atoms with Crippen LogP contribution in [0.1, 0.15) is 33.3 Å². The summed E-state index contributed by atoms with van der Waals surface area (Å²) < 4.78 is 5.26. The van der Waals surface area contributed by atoms with Gasteiger partial charge >= 0.3 is 6.09 Å². The molecule has 1 aromatic heterocycles. The van der Waals surface area contributed by atoms with Gasteiger partial charge in [0.25, 0.3) is 0 Å². The molecule has 0 saturated carbocycles. The van der Waals surface area contributed by atoms with E-state index < -0.39 is 11.7 Å². The van der Waals surface area contributed by atoms with Crippen LogP contribution in [0.3, 0.4) is 0 Å². The lowest BCUT2D eigenvalue weighted by atomic mass is 10.0. The Balaban J connectivity index is 1.99. The van der Waals surface area contributed by atoms with Crippen molar-refractivity contribution in [2.75, 3.05) is 5.73 Å². The van der Waals surface area contributed by atoms with Crippen molar-refractivity contribution in [1.82, 2.24) is 15.3 Å². The zero-order valence-corrected chi connectivity index (χ0v) is 15.6. The Kier molecular flexibility index (Phi) is 5.85. The van der Waals surface area contributed by atoms with Crippen LogP contribution in [-0.4, -0.2) is 27.7 Å². The van der Waals surface area contributed by atoms with E-state index in [0.29, 0.717) is 17.3 Å². The number of anilines is 1. The predicted molar refractivity (Wildman–Crippen MR) is 99.4 cm³/mol. The van der Waals surface area contributed by atoms with Gasteiger partial charge < -0.3 is 15.8 Å². The first-order valence-electron chi connectivity index (χ1n) is 8.01. The van der Waals surface area contributed by atoms with E-state index in [1.54, 1.807) is 6.07 Å². The van der Waals surface area contributed by atoms with Crippen molar-refractivity contribution in [3.8, 4) is 11.3 Å². The number of nitrogen functional groups attached to an aromatic ring is 1. The lowest BCUT2D eigenvalue weighted by Gasteiger charge is -2.22. The van der Waals surface area contributed by atoms with Crippen molar-refractivity contribution in [2.45, 2.75) is 45.8 Å². The number of carbonyl (C=O) groups excluding carboxylic acids is 1. The predicted octanol–water partition coefficient (Wildman–Crippen LogP) is 3.83. The summed E-state index contributed by atoms with van der Waals surface area (Å²) in [6, 6.07) is 9.45. The van der Waals surface area contributed by atoms with Crippen LogP contribution in [0.5, 0.6) is 0 Å². The van der Waals surface area contributed by atoms with Gasteiger partial charge in [-0.2, -0.15) is 0 Å². The number of hydrogen-bond acceptors (Lipinski definition) is 5. The minimum absolute atomic E-state index is 0.0511. The normalized spacial score (nSPS) is 12.5. The number of aromatic nitrogens is 2. The zero-order valence-electron chi connectivity index (χ0n) is 14.8. The van der Waals surface area contributed by atoms with Crippen LogP contribution in [-0.2, 0) is 11.2 Å². The Morgan fingerprint density at radius 1 is 1.28 bits per heavy atom. The maximum Gasteiger partial charge on any atom is 0.407 e. The molecular formula is C18H23ClN4O2. The summed E-state index contributed by atoms with van der Waals surface area (Å²) in [6.45, 7) is 7.44. The van der Waals surface area contributed by atoms with Crippen molar-refractivity contribution >= 4 is 23.6 Å². The van der Waals surface area contributed by atoms with Gasteiger partial charge in [-0.3, -0.25) is 0 Å². The lowest BCUT2D eigenvalue weighted by molar-refractivity contribution is 0.0508. The molecule has 2 aromatic rings. The first-order valence-corrected chi connectivity index (χ1v) is 8.39. The van der Waals surface area contributed by atoms with Crippen LogP contribution in [0.15, 0.2) is 30.3 Å². The highest BCUT2D eigenvalue weighted by molar-refractivity contribution is 6.29. The van der Waals surface area contributed by atoms with Gasteiger partial charge in [0, 0.05) is 17.7 Å². The van der Waals surface area contributed by atoms with Crippen molar-refractivity contribution in [2.24, 2.45) is 0 Å². The summed E-state index contributed by atoms with van der Waals surface area (Å²) in [6.07, 6.45) is 0.273. The maximum atomic E-state index is 11.8. The molecule has 0 radical (unpaired) electrons. The average Bonchev–Trinajstić information content (AvgIpc) is 2.44. The molecule has 0 bridgehead atoms. The average molecular weight is 363 g/mol. The number of rotatable bonds is 4. The summed E-state index contributed by atoms with van der Waals surface area (Å²) in [5.41, 5.74) is 7.77. The number of nitrogens with zero attached hydrogens (tertiary/aromatic N) is 2. The van der Waals surface area contributed by atoms with E-state index in [9.17, 15) is 4.79 Å². The van der Waals surface area contributed by atoms with Gasteiger partial charge in [-0.1, -0.05) is 35.9 Å². The number of benzene rings is 1. The standard InChI is InChI=1S/C18H23ClN4O2/c1-11(21-17(24)25-18(2,3)4)9-12-5-7-13(8-6-12)14-10-15(19)23-16(20)22-14/h5-8,10-11H,9H2,1-4H3,(H,21,24)(H2,20,22,23)/t11-/m0/s1. The molecule has 6 nitrogen and oxygen atoms in total. The minimum Gasteiger partial charge on any atom is -0.444 e. The molecule has 0 aliphatic rings. The van der Waals surface area contributed by atoms with E-state index in [0.717, 1.165) is 11.1 Å². The number of amides is 1. The summed E-state index contributed by atoms with van der Waals surface area (Å²) in [7, 11) is 0. The lowest BCUT2D eigenvalue weighted by Crippen LogP contribution is -2.38. The second-order valence-electron chi connectivity index (χ2n) is 6.88. The van der Waals surface area contributed by atoms with E-state index >= 15 is 0 Å². The van der Waals surface area contributed by atoms with Crippen molar-refractivity contribution in [3.63, 3.8) is 0 Å². The monoisotopic (exact) mass is 362 g/mol. The first-order chi connectivity index (χ1) is 11.6. The third-order valence-electron chi connectivity index (χ3n) is 3.27. The molecule has 1 aromatic carbocycles. The fourth-order valence-electron chi connectivity index (χ4n) is 2.31. The molecule has 134 valence electrons. The number of nitrogens with one attached hydrogen (secondary N) is 1. The highest BCUT2D eigenvalue weighted by Crippen LogP contribution is 2.21. The number of hydrogen-bond donors (Lipinski definition) is 2. The van der Waals surface area contributed by atoms with E-state index in [4.69, 9.17) is 22.1 Å². The Morgan fingerprint density at radius 3 is 2.48 bits per heavy atom. The Morgan fingerprint density at radius 2 is 1.92 bits per heavy atom. The second kappa shape index (κ2) is 7.70. The third-order valence-corrected chi connectivity index (χ3v) is 3.46. The highest BCUT2D eigenvalue weighted by Gasteiger charge is 2.17. The SMILES string of the molecule is C[C@@H](Cc1ccc(-c2cc(Cl)nc(N)n2)cc1)NC(=O)OC(C)(C)C. The van der Waals surface area contributed by atoms with Gasteiger partial charge in [0.05, 0.1) is 5.69 Å². The smallest absolute Gasteiger partial charge is 0.407 e. The van der Waals surface area contributed by atoms with Crippen LogP contribution >= 0.6 is 11.6 Å². The fraction of sp³-hybridized carbons (Fsp3) is 0.389. The highest BCUT2D eigenvalue weighted by atomic mass is 35.5. The quantitative estimate of drug-likeness (QED) is 0.806. The second-order valence-corrected chi connectivity index (χ2v) is 7.27. The van der Waals surface area contributed by atoms with Crippen LogP contribution < -0.4 is 11.1 Å². The van der Waals surface area contributed by atoms with E-state index in [-0.39, 0.29) is 12.0 Å². The molecular weight excluding hydrogens is 340 g/mol. The summed E-state index contributed by atoms with van der Waals surface area (Å²) in [5, 5.41) is 3.14. The zero-order chi connectivity index (χ0) is 18.6. The summed E-state index contributed by atoms with van der Waals surface area (Å²) in [4.78, 5) is 19.8.